The van der Waals surface area contributed by atoms with Crippen LogP contribution in [0.2, 0.25) is 0 Å². The molecule has 6 nitrogen and oxygen atoms in total. The highest BCUT2D eigenvalue weighted by Gasteiger charge is 2.19. The number of nitrogens with zero attached hydrogens (tertiary/aromatic N) is 3. The van der Waals surface area contributed by atoms with Crippen molar-refractivity contribution in [2.24, 2.45) is 12.9 Å². The van der Waals surface area contributed by atoms with E-state index in [1.165, 1.54) is 12.4 Å². The lowest BCUT2D eigenvalue weighted by Gasteiger charge is -2.19. The maximum absolute atomic E-state index is 12.4. The highest BCUT2D eigenvalue weighted by Crippen LogP contribution is 2.27. The number of rotatable bonds is 6. The quantitative estimate of drug-likeness (QED) is 0.614. The van der Waals surface area contributed by atoms with Crippen LogP contribution in [0.15, 0.2) is 30.6 Å². The summed E-state index contributed by atoms with van der Waals surface area (Å²) in [6.07, 6.45) is 1.82. The summed E-state index contributed by atoms with van der Waals surface area (Å²) in [4.78, 5) is 4.09. The predicted octanol–water partition coefficient (Wildman–Crippen LogP) is 1.16. The number of hydrogen-bond acceptors (Lipinski definition) is 5. The van der Waals surface area contributed by atoms with E-state index >= 15 is 0 Å². The summed E-state index contributed by atoms with van der Waals surface area (Å²) < 4.78 is 30.9. The fraction of sp³-hybridized carbons (Fsp3) is 0.333. The van der Waals surface area contributed by atoms with Crippen LogP contribution in [0.5, 0.6) is 5.75 Å². The van der Waals surface area contributed by atoms with Gasteiger partial charge in [0.15, 0.2) is 0 Å². The van der Waals surface area contributed by atoms with Crippen molar-refractivity contribution < 1.29 is 13.5 Å². The zero-order chi connectivity index (χ0) is 14.5. The van der Waals surface area contributed by atoms with E-state index in [0.717, 1.165) is 0 Å². The lowest BCUT2D eigenvalue weighted by Crippen LogP contribution is -2.31. The normalized spacial score (nSPS) is 12.7. The van der Waals surface area contributed by atoms with E-state index in [0.29, 0.717) is 17.8 Å². The second-order valence-corrected chi connectivity index (χ2v) is 4.14. The zero-order valence-electron chi connectivity index (χ0n) is 10.8. The lowest BCUT2D eigenvalue weighted by molar-refractivity contribution is -0.0507. The van der Waals surface area contributed by atoms with Crippen LogP contribution in [-0.4, -0.2) is 21.4 Å². The SMILES string of the molecule is Cn1ncnc1CC(NN)c1ccccc1OC(F)F. The molecule has 20 heavy (non-hydrogen) atoms. The third-order valence-electron chi connectivity index (χ3n) is 2.90. The average molecular weight is 283 g/mol. The fourth-order valence-corrected chi connectivity index (χ4v) is 1.92. The number of aryl methyl sites for hydroxylation is 1. The Morgan fingerprint density at radius 3 is 2.75 bits per heavy atom. The predicted molar refractivity (Wildman–Crippen MR) is 67.8 cm³/mol. The van der Waals surface area contributed by atoms with E-state index in [-0.39, 0.29) is 5.75 Å². The Labute approximate surface area is 114 Å². The topological polar surface area (TPSA) is 78.0 Å². The van der Waals surface area contributed by atoms with Crippen LogP contribution in [-0.2, 0) is 13.5 Å². The molecule has 108 valence electrons. The van der Waals surface area contributed by atoms with Crippen molar-refractivity contribution in [1.29, 1.82) is 0 Å². The summed E-state index contributed by atoms with van der Waals surface area (Å²) in [5.41, 5.74) is 3.13. The summed E-state index contributed by atoms with van der Waals surface area (Å²) in [6.45, 7) is -2.88. The van der Waals surface area contributed by atoms with Crippen LogP contribution in [0.3, 0.4) is 0 Å². The van der Waals surface area contributed by atoms with Gasteiger partial charge in [-0.2, -0.15) is 13.9 Å². The minimum absolute atomic E-state index is 0.0904. The number of alkyl halides is 2. The maximum Gasteiger partial charge on any atom is 0.387 e. The molecule has 3 N–H and O–H groups in total. The molecule has 2 rings (SSSR count). The monoisotopic (exact) mass is 283 g/mol. The number of halogens is 2. The molecule has 0 bridgehead atoms. The second-order valence-electron chi connectivity index (χ2n) is 4.14. The number of ether oxygens (including phenoxy) is 1. The van der Waals surface area contributed by atoms with Crippen LogP contribution in [0, 0.1) is 0 Å². The Balaban J connectivity index is 2.25. The minimum atomic E-state index is -2.88. The molecule has 0 aliphatic rings. The molecular formula is C12H15F2N5O. The molecule has 2 aromatic rings. The number of nitrogens with one attached hydrogen (secondary N) is 1. The van der Waals surface area contributed by atoms with Gasteiger partial charge in [0.05, 0.1) is 6.04 Å². The van der Waals surface area contributed by atoms with Gasteiger partial charge in [-0.3, -0.25) is 16.0 Å². The smallest absolute Gasteiger partial charge is 0.387 e. The van der Waals surface area contributed by atoms with Gasteiger partial charge in [0.2, 0.25) is 0 Å². The molecule has 0 aliphatic heterocycles. The first-order valence-electron chi connectivity index (χ1n) is 5.94. The first-order valence-corrected chi connectivity index (χ1v) is 5.94. The maximum atomic E-state index is 12.4. The van der Waals surface area contributed by atoms with Gasteiger partial charge in [0.1, 0.15) is 17.9 Å². The number of aromatic nitrogens is 3. The Morgan fingerprint density at radius 1 is 1.40 bits per heavy atom. The van der Waals surface area contributed by atoms with E-state index in [1.54, 1.807) is 29.9 Å². The Hall–Kier alpha value is -2.06. The zero-order valence-corrected chi connectivity index (χ0v) is 10.8. The highest BCUT2D eigenvalue weighted by atomic mass is 19.3. The summed E-state index contributed by atoms with van der Waals surface area (Å²) in [6, 6.07) is 6.10. The number of hydrogen-bond donors (Lipinski definition) is 2. The first-order chi connectivity index (χ1) is 9.61. The number of para-hydroxylation sites is 1. The van der Waals surface area contributed by atoms with Crippen LogP contribution in [0.1, 0.15) is 17.4 Å². The van der Waals surface area contributed by atoms with Crippen molar-refractivity contribution in [3.05, 3.63) is 42.0 Å². The standard InChI is InChI=1S/C12H15F2N5O/c1-19-11(16-7-17-19)6-9(18-15)8-4-2-3-5-10(8)20-12(13)14/h2-5,7,9,12,18H,6,15H2,1H3. The van der Waals surface area contributed by atoms with Gasteiger partial charge in [-0.1, -0.05) is 18.2 Å². The number of benzene rings is 1. The summed E-state index contributed by atoms with van der Waals surface area (Å²) in [5.74, 6) is 6.29. The van der Waals surface area contributed by atoms with E-state index in [2.05, 4.69) is 20.2 Å². The number of nitrogens with two attached hydrogens (primary N) is 1. The Kier molecular flexibility index (Phi) is 4.59. The van der Waals surface area contributed by atoms with E-state index in [9.17, 15) is 8.78 Å². The molecular weight excluding hydrogens is 268 g/mol. The summed E-state index contributed by atoms with van der Waals surface area (Å²) in [5, 5.41) is 3.95. The highest BCUT2D eigenvalue weighted by molar-refractivity contribution is 5.36. The molecule has 1 atom stereocenters. The summed E-state index contributed by atoms with van der Waals surface area (Å²) in [7, 11) is 1.75. The minimum Gasteiger partial charge on any atom is -0.434 e. The van der Waals surface area contributed by atoms with Gasteiger partial charge in [0, 0.05) is 19.0 Å². The van der Waals surface area contributed by atoms with Gasteiger partial charge in [0.25, 0.3) is 0 Å². The van der Waals surface area contributed by atoms with Crippen molar-refractivity contribution >= 4 is 0 Å². The Bertz CT molecular complexity index is 560. The van der Waals surface area contributed by atoms with Crippen molar-refractivity contribution in [1.82, 2.24) is 20.2 Å². The van der Waals surface area contributed by atoms with E-state index in [4.69, 9.17) is 5.84 Å². The molecule has 1 aromatic carbocycles. The second kappa shape index (κ2) is 6.40. The van der Waals surface area contributed by atoms with Crippen molar-refractivity contribution in [2.75, 3.05) is 0 Å². The molecule has 0 aliphatic carbocycles. The number of hydrazine groups is 1. The van der Waals surface area contributed by atoms with Crippen LogP contribution in [0.4, 0.5) is 8.78 Å². The molecule has 8 heteroatoms. The average Bonchev–Trinajstić information content (AvgIpc) is 2.82. The molecule has 0 radical (unpaired) electrons. The molecule has 0 saturated heterocycles. The third-order valence-corrected chi connectivity index (χ3v) is 2.90. The fourth-order valence-electron chi connectivity index (χ4n) is 1.92. The van der Waals surface area contributed by atoms with Crippen molar-refractivity contribution in [3.63, 3.8) is 0 Å². The summed E-state index contributed by atoms with van der Waals surface area (Å²) >= 11 is 0. The van der Waals surface area contributed by atoms with Crippen LogP contribution >= 0.6 is 0 Å². The lowest BCUT2D eigenvalue weighted by atomic mass is 10.0. The molecule has 1 unspecified atom stereocenters. The molecule has 0 amide bonds. The molecule has 1 heterocycles. The largest absolute Gasteiger partial charge is 0.434 e. The van der Waals surface area contributed by atoms with Crippen LogP contribution in [0.25, 0.3) is 0 Å². The third kappa shape index (κ3) is 3.28. The van der Waals surface area contributed by atoms with E-state index < -0.39 is 12.7 Å². The van der Waals surface area contributed by atoms with Crippen molar-refractivity contribution in [3.8, 4) is 5.75 Å². The van der Waals surface area contributed by atoms with Crippen LogP contribution < -0.4 is 16.0 Å². The van der Waals surface area contributed by atoms with Gasteiger partial charge < -0.3 is 4.74 Å². The Morgan fingerprint density at radius 2 is 2.15 bits per heavy atom. The van der Waals surface area contributed by atoms with Crippen molar-refractivity contribution in [2.45, 2.75) is 19.1 Å². The molecule has 1 aromatic heterocycles. The van der Waals surface area contributed by atoms with Gasteiger partial charge in [-0.15, -0.1) is 0 Å². The molecule has 0 saturated carbocycles. The van der Waals surface area contributed by atoms with Gasteiger partial charge in [-0.25, -0.2) is 4.98 Å². The van der Waals surface area contributed by atoms with Gasteiger partial charge >= 0.3 is 6.61 Å². The van der Waals surface area contributed by atoms with E-state index in [1.807, 2.05) is 0 Å². The molecule has 0 fully saturated rings. The molecule has 0 spiro atoms. The first kappa shape index (κ1) is 14.4. The van der Waals surface area contributed by atoms with Gasteiger partial charge in [-0.05, 0) is 6.07 Å².